The molecule has 0 amide bonds. The Morgan fingerprint density at radius 1 is 1.35 bits per heavy atom. The minimum atomic E-state index is -0.837. The van der Waals surface area contributed by atoms with Gasteiger partial charge in [0.15, 0.2) is 5.78 Å². The fraction of sp³-hybridized carbons (Fsp3) is 0.588. The Hall–Kier alpha value is -0.860. The largest absolute Gasteiger partial charge is 0.318 e. The molecule has 2 N–H and O–H groups in total. The lowest BCUT2D eigenvalue weighted by atomic mass is 9.52. The minimum Gasteiger partial charge on any atom is -0.318 e. The van der Waals surface area contributed by atoms with Crippen molar-refractivity contribution in [2.24, 2.45) is 11.7 Å². The van der Waals surface area contributed by atoms with Crippen LogP contribution in [0, 0.1) is 12.8 Å². The van der Waals surface area contributed by atoms with E-state index in [1.165, 1.54) is 0 Å². The zero-order valence-electron chi connectivity index (χ0n) is 12.8. The molecule has 0 bridgehead atoms. The third-order valence-corrected chi connectivity index (χ3v) is 5.05. The van der Waals surface area contributed by atoms with Crippen molar-refractivity contribution in [3.63, 3.8) is 0 Å². The minimum absolute atomic E-state index is 0.0530. The Kier molecular flexibility index (Phi) is 4.01. The molecule has 1 fully saturated rings. The van der Waals surface area contributed by atoms with Gasteiger partial charge in [-0.25, -0.2) is 0 Å². The van der Waals surface area contributed by atoms with E-state index in [0.29, 0.717) is 0 Å². The molecule has 0 aliphatic heterocycles. The van der Waals surface area contributed by atoms with Crippen molar-refractivity contribution < 1.29 is 4.79 Å². The summed E-state index contributed by atoms with van der Waals surface area (Å²) in [5, 5.41) is 0.721. The second kappa shape index (κ2) is 5.16. The number of halogens is 1. The molecule has 3 heteroatoms. The molecule has 1 atom stereocenters. The van der Waals surface area contributed by atoms with E-state index in [-0.39, 0.29) is 17.1 Å². The van der Waals surface area contributed by atoms with E-state index >= 15 is 0 Å². The highest BCUT2D eigenvalue weighted by molar-refractivity contribution is 6.30. The molecule has 0 heterocycles. The molecule has 1 unspecified atom stereocenters. The molecule has 1 aliphatic rings. The Morgan fingerprint density at radius 2 is 1.95 bits per heavy atom. The van der Waals surface area contributed by atoms with E-state index in [0.717, 1.165) is 35.4 Å². The van der Waals surface area contributed by atoms with Crippen LogP contribution in [-0.2, 0) is 10.2 Å². The van der Waals surface area contributed by atoms with Gasteiger partial charge >= 0.3 is 0 Å². The maximum Gasteiger partial charge on any atom is 0.155 e. The van der Waals surface area contributed by atoms with Crippen LogP contribution in [0.3, 0.4) is 0 Å². The first-order valence-electron chi connectivity index (χ1n) is 7.31. The van der Waals surface area contributed by atoms with Gasteiger partial charge in [-0.3, -0.25) is 4.79 Å². The molecule has 110 valence electrons. The number of rotatable bonds is 4. The number of nitrogens with two attached hydrogens (primary N) is 1. The van der Waals surface area contributed by atoms with Crippen LogP contribution in [0.2, 0.25) is 5.02 Å². The van der Waals surface area contributed by atoms with E-state index in [1.807, 2.05) is 39.8 Å². The number of carbonyl (C=O) groups excluding carboxylic acids is 1. The van der Waals surface area contributed by atoms with Crippen molar-refractivity contribution in [3.8, 4) is 0 Å². The third-order valence-electron chi connectivity index (χ3n) is 4.83. The smallest absolute Gasteiger partial charge is 0.155 e. The second-order valence-electron chi connectivity index (χ2n) is 6.67. The number of Topliss-reactive ketones (excluding diaryl/α,β-unsaturated/α-hetero) is 1. The number of carbonyl (C=O) groups is 1. The fourth-order valence-electron chi connectivity index (χ4n) is 3.49. The Labute approximate surface area is 126 Å². The van der Waals surface area contributed by atoms with E-state index in [9.17, 15) is 4.79 Å². The number of ketones is 1. The summed E-state index contributed by atoms with van der Waals surface area (Å²) >= 11 is 6.20. The van der Waals surface area contributed by atoms with Crippen molar-refractivity contribution in [1.29, 1.82) is 0 Å². The fourth-order valence-corrected chi connectivity index (χ4v) is 3.78. The first-order chi connectivity index (χ1) is 9.20. The molecule has 0 spiro atoms. The summed E-state index contributed by atoms with van der Waals surface area (Å²) in [4.78, 5) is 12.6. The van der Waals surface area contributed by atoms with Gasteiger partial charge in [0.2, 0.25) is 0 Å². The van der Waals surface area contributed by atoms with Crippen LogP contribution in [0.5, 0.6) is 0 Å². The van der Waals surface area contributed by atoms with Crippen molar-refractivity contribution in [1.82, 2.24) is 0 Å². The summed E-state index contributed by atoms with van der Waals surface area (Å²) in [5.41, 5.74) is 7.68. The van der Waals surface area contributed by atoms with Gasteiger partial charge in [-0.05, 0) is 49.9 Å². The van der Waals surface area contributed by atoms with Crippen LogP contribution < -0.4 is 5.73 Å². The van der Waals surface area contributed by atoms with Crippen LogP contribution in [0.4, 0.5) is 0 Å². The maximum atomic E-state index is 12.6. The number of hydrogen-bond acceptors (Lipinski definition) is 2. The summed E-state index contributed by atoms with van der Waals surface area (Å²) in [6.45, 7) is 7.76. The lowest BCUT2D eigenvalue weighted by molar-refractivity contribution is -0.131. The zero-order valence-corrected chi connectivity index (χ0v) is 13.6. The predicted octanol–water partition coefficient (Wildman–Crippen LogP) is 4.01. The molecule has 20 heavy (non-hydrogen) atoms. The Bertz CT molecular complexity index is 510. The molecule has 2 nitrogen and oxygen atoms in total. The standard InChI is InChI=1S/C17H24ClNO/c1-11(2)15(20)16(4,19)17(6-5-7-17)13-8-12(3)9-14(18)10-13/h8-11H,5-7,19H2,1-4H3. The highest BCUT2D eigenvalue weighted by Crippen LogP contribution is 2.51. The molecule has 1 aliphatic carbocycles. The Morgan fingerprint density at radius 3 is 2.35 bits per heavy atom. The first-order valence-corrected chi connectivity index (χ1v) is 7.69. The number of hydrogen-bond donors (Lipinski definition) is 1. The van der Waals surface area contributed by atoms with Gasteiger partial charge in [-0.15, -0.1) is 0 Å². The van der Waals surface area contributed by atoms with E-state index in [4.69, 9.17) is 17.3 Å². The average Bonchev–Trinajstić information content (AvgIpc) is 2.24. The van der Waals surface area contributed by atoms with Crippen molar-refractivity contribution >= 4 is 17.4 Å². The molecular weight excluding hydrogens is 270 g/mol. The SMILES string of the molecule is Cc1cc(Cl)cc(C2(C(C)(N)C(=O)C(C)C)CCC2)c1. The molecule has 2 rings (SSSR count). The quantitative estimate of drug-likeness (QED) is 0.911. The van der Waals surface area contributed by atoms with Crippen molar-refractivity contribution in [2.75, 3.05) is 0 Å². The molecule has 1 saturated carbocycles. The normalized spacial score (nSPS) is 20.4. The van der Waals surface area contributed by atoms with Crippen molar-refractivity contribution in [2.45, 2.75) is 57.9 Å². The summed E-state index contributed by atoms with van der Waals surface area (Å²) in [6.07, 6.45) is 3.03. The highest BCUT2D eigenvalue weighted by Gasteiger charge is 2.55. The molecule has 0 radical (unpaired) electrons. The van der Waals surface area contributed by atoms with E-state index < -0.39 is 5.54 Å². The van der Waals surface area contributed by atoms with Gasteiger partial charge in [0.05, 0.1) is 5.54 Å². The summed E-state index contributed by atoms with van der Waals surface area (Å²) in [6, 6.07) is 6.05. The molecule has 0 saturated heterocycles. The second-order valence-corrected chi connectivity index (χ2v) is 7.11. The van der Waals surface area contributed by atoms with Gasteiger partial charge in [0.1, 0.15) is 0 Å². The Balaban J connectivity index is 2.51. The number of aryl methyl sites for hydroxylation is 1. The molecule has 1 aromatic carbocycles. The van der Waals surface area contributed by atoms with E-state index in [2.05, 4.69) is 6.07 Å². The highest BCUT2D eigenvalue weighted by atomic mass is 35.5. The summed E-state index contributed by atoms with van der Waals surface area (Å²) < 4.78 is 0. The number of benzene rings is 1. The zero-order chi connectivity index (χ0) is 15.1. The first kappa shape index (κ1) is 15.5. The monoisotopic (exact) mass is 293 g/mol. The molecule has 1 aromatic rings. The molecular formula is C17H24ClNO. The topological polar surface area (TPSA) is 43.1 Å². The lowest BCUT2D eigenvalue weighted by Crippen LogP contribution is -2.65. The third kappa shape index (κ3) is 2.29. The lowest BCUT2D eigenvalue weighted by Gasteiger charge is -2.53. The van der Waals surface area contributed by atoms with Gasteiger partial charge in [-0.1, -0.05) is 37.9 Å². The average molecular weight is 294 g/mol. The molecule has 0 aromatic heterocycles. The van der Waals surface area contributed by atoms with Gasteiger partial charge in [0.25, 0.3) is 0 Å². The maximum absolute atomic E-state index is 12.6. The van der Waals surface area contributed by atoms with Gasteiger partial charge in [-0.2, -0.15) is 0 Å². The van der Waals surface area contributed by atoms with Crippen LogP contribution in [0.15, 0.2) is 18.2 Å². The van der Waals surface area contributed by atoms with Crippen LogP contribution in [0.1, 0.15) is 51.2 Å². The van der Waals surface area contributed by atoms with E-state index in [1.54, 1.807) is 0 Å². The predicted molar refractivity (Wildman–Crippen MR) is 84.2 cm³/mol. The van der Waals surface area contributed by atoms with Crippen LogP contribution in [0.25, 0.3) is 0 Å². The van der Waals surface area contributed by atoms with Gasteiger partial charge in [0, 0.05) is 16.4 Å². The van der Waals surface area contributed by atoms with Crippen molar-refractivity contribution in [3.05, 3.63) is 34.3 Å². The van der Waals surface area contributed by atoms with Crippen LogP contribution >= 0.6 is 11.6 Å². The summed E-state index contributed by atoms with van der Waals surface area (Å²) in [7, 11) is 0. The van der Waals surface area contributed by atoms with Crippen LogP contribution in [-0.4, -0.2) is 11.3 Å². The summed E-state index contributed by atoms with van der Waals surface area (Å²) in [5.74, 6) is 0.0811. The van der Waals surface area contributed by atoms with Gasteiger partial charge < -0.3 is 5.73 Å².